The van der Waals surface area contributed by atoms with Gasteiger partial charge in [-0.1, -0.05) is 26.8 Å². The molecule has 0 aromatic heterocycles. The Labute approximate surface area is 130 Å². The Morgan fingerprint density at radius 2 is 1.95 bits per heavy atom. The normalized spacial score (nSPS) is 12.4. The number of sulfonamides is 1. The van der Waals surface area contributed by atoms with Crippen LogP contribution in [0, 0.1) is 12.8 Å². The fraction of sp³-hybridized carbons (Fsp3) is 0.571. The van der Waals surface area contributed by atoms with Gasteiger partial charge in [-0.15, -0.1) is 0 Å². The Kier molecular flexibility index (Phi) is 6.19. The van der Waals surface area contributed by atoms with Gasteiger partial charge in [0.15, 0.2) is 0 Å². The van der Waals surface area contributed by atoms with Gasteiger partial charge in [0.25, 0.3) is 0 Å². The summed E-state index contributed by atoms with van der Waals surface area (Å²) in [6.45, 7) is 9.04. The zero-order valence-corrected chi connectivity index (χ0v) is 14.9. The largest absolute Gasteiger partial charge is 0.326 e. The molecular formula is C14H23BrN2O2S. The Morgan fingerprint density at radius 3 is 2.40 bits per heavy atom. The first kappa shape index (κ1) is 17.6. The van der Waals surface area contributed by atoms with Gasteiger partial charge in [-0.2, -0.15) is 4.31 Å². The number of benzene rings is 1. The Bertz CT molecular complexity index is 571. The number of hydrogen-bond donors (Lipinski definition) is 1. The molecule has 0 saturated carbocycles. The van der Waals surface area contributed by atoms with E-state index in [0.29, 0.717) is 29.0 Å². The summed E-state index contributed by atoms with van der Waals surface area (Å²) in [6.07, 6.45) is 0. The topological polar surface area (TPSA) is 63.4 Å². The lowest BCUT2D eigenvalue weighted by Gasteiger charge is -2.23. The minimum atomic E-state index is -3.50. The number of halogens is 1. The summed E-state index contributed by atoms with van der Waals surface area (Å²) in [7, 11) is -3.50. The fourth-order valence-electron chi connectivity index (χ4n) is 2.06. The van der Waals surface area contributed by atoms with Crippen LogP contribution in [0.1, 0.15) is 31.9 Å². The molecule has 0 radical (unpaired) electrons. The molecule has 2 N–H and O–H groups in total. The lowest BCUT2D eigenvalue weighted by atomic mass is 10.1. The minimum absolute atomic E-state index is 0.280. The smallest absolute Gasteiger partial charge is 0.244 e. The first-order valence-corrected chi connectivity index (χ1v) is 8.96. The van der Waals surface area contributed by atoms with Crippen LogP contribution in [0.2, 0.25) is 0 Å². The second-order valence-corrected chi connectivity index (χ2v) is 7.98. The van der Waals surface area contributed by atoms with Crippen molar-refractivity contribution in [1.29, 1.82) is 0 Å². The van der Waals surface area contributed by atoms with Crippen LogP contribution < -0.4 is 5.73 Å². The summed E-state index contributed by atoms with van der Waals surface area (Å²) >= 11 is 3.40. The monoisotopic (exact) mass is 362 g/mol. The van der Waals surface area contributed by atoms with Crippen molar-refractivity contribution in [3.8, 4) is 0 Å². The van der Waals surface area contributed by atoms with Crippen molar-refractivity contribution < 1.29 is 8.42 Å². The molecule has 0 aliphatic carbocycles. The molecule has 6 heteroatoms. The summed E-state index contributed by atoms with van der Waals surface area (Å²) in [4.78, 5) is 0.306. The molecule has 0 aliphatic rings. The second kappa shape index (κ2) is 7.02. The SMILES string of the molecule is CCN(CC(C)C)S(=O)(=O)c1cc(CN)cc(C)c1Br. The Hall–Kier alpha value is -0.430. The van der Waals surface area contributed by atoms with Crippen LogP contribution in [-0.4, -0.2) is 25.8 Å². The van der Waals surface area contributed by atoms with Gasteiger partial charge < -0.3 is 5.73 Å². The molecule has 0 bridgehead atoms. The van der Waals surface area contributed by atoms with Crippen LogP contribution in [0.5, 0.6) is 0 Å². The molecule has 0 saturated heterocycles. The van der Waals surface area contributed by atoms with Crippen LogP contribution in [0.3, 0.4) is 0 Å². The standard InChI is InChI=1S/C14H23BrN2O2S/c1-5-17(9-10(2)3)20(18,19)13-7-12(8-16)6-11(4)14(13)15/h6-7,10H,5,8-9,16H2,1-4H3. The molecule has 20 heavy (non-hydrogen) atoms. The molecule has 1 aromatic carbocycles. The molecule has 0 amide bonds. The van der Waals surface area contributed by atoms with E-state index in [1.165, 1.54) is 4.31 Å². The predicted octanol–water partition coefficient (Wildman–Crippen LogP) is 2.88. The predicted molar refractivity (Wildman–Crippen MR) is 86.0 cm³/mol. The highest BCUT2D eigenvalue weighted by Crippen LogP contribution is 2.29. The average molecular weight is 363 g/mol. The average Bonchev–Trinajstić information content (AvgIpc) is 2.38. The number of aryl methyl sites for hydroxylation is 1. The molecule has 0 unspecified atom stereocenters. The zero-order chi connectivity index (χ0) is 15.5. The molecule has 0 aliphatic heterocycles. The lowest BCUT2D eigenvalue weighted by Crippen LogP contribution is -2.34. The number of rotatable bonds is 6. The first-order chi connectivity index (χ1) is 9.23. The number of nitrogens with zero attached hydrogens (tertiary/aromatic N) is 1. The third-order valence-corrected chi connectivity index (χ3v) is 6.34. The van der Waals surface area contributed by atoms with Crippen molar-refractivity contribution in [2.45, 2.75) is 39.1 Å². The molecule has 1 rings (SSSR count). The van der Waals surface area contributed by atoms with Crippen molar-refractivity contribution in [3.63, 3.8) is 0 Å². The van der Waals surface area contributed by atoms with E-state index in [-0.39, 0.29) is 5.92 Å². The molecular weight excluding hydrogens is 340 g/mol. The fourth-order valence-corrected chi connectivity index (χ4v) is 4.70. The van der Waals surface area contributed by atoms with Gasteiger partial charge in [0.1, 0.15) is 0 Å². The van der Waals surface area contributed by atoms with E-state index >= 15 is 0 Å². The van der Waals surface area contributed by atoms with Gasteiger partial charge in [-0.05, 0) is 46.0 Å². The van der Waals surface area contributed by atoms with Crippen molar-refractivity contribution in [3.05, 3.63) is 27.7 Å². The van der Waals surface area contributed by atoms with Gasteiger partial charge in [0.2, 0.25) is 10.0 Å². The summed E-state index contributed by atoms with van der Waals surface area (Å²) < 4.78 is 27.7. The van der Waals surface area contributed by atoms with Gasteiger partial charge >= 0.3 is 0 Å². The molecule has 1 aromatic rings. The quantitative estimate of drug-likeness (QED) is 0.845. The number of nitrogens with two attached hydrogens (primary N) is 1. The summed E-state index contributed by atoms with van der Waals surface area (Å²) in [5.74, 6) is 0.280. The van der Waals surface area contributed by atoms with E-state index in [2.05, 4.69) is 15.9 Å². The summed E-state index contributed by atoms with van der Waals surface area (Å²) in [5, 5.41) is 0. The van der Waals surface area contributed by atoms with E-state index in [4.69, 9.17) is 5.73 Å². The summed E-state index contributed by atoms with van der Waals surface area (Å²) in [6, 6.07) is 3.57. The van der Waals surface area contributed by atoms with Crippen LogP contribution in [0.25, 0.3) is 0 Å². The lowest BCUT2D eigenvalue weighted by molar-refractivity contribution is 0.380. The van der Waals surface area contributed by atoms with E-state index in [1.807, 2.05) is 33.8 Å². The summed E-state index contributed by atoms with van der Waals surface area (Å²) in [5.41, 5.74) is 7.35. The van der Waals surface area contributed by atoms with E-state index in [9.17, 15) is 8.42 Å². The Morgan fingerprint density at radius 1 is 1.35 bits per heavy atom. The highest BCUT2D eigenvalue weighted by molar-refractivity contribution is 9.10. The molecule has 0 heterocycles. The highest BCUT2D eigenvalue weighted by atomic mass is 79.9. The Balaban J connectivity index is 3.37. The second-order valence-electron chi connectivity index (χ2n) is 5.28. The molecule has 114 valence electrons. The first-order valence-electron chi connectivity index (χ1n) is 6.73. The van der Waals surface area contributed by atoms with E-state index in [0.717, 1.165) is 11.1 Å². The maximum Gasteiger partial charge on any atom is 0.244 e. The zero-order valence-electron chi connectivity index (χ0n) is 12.5. The van der Waals surface area contributed by atoms with Crippen LogP contribution in [0.15, 0.2) is 21.5 Å². The minimum Gasteiger partial charge on any atom is -0.326 e. The van der Waals surface area contributed by atoms with Gasteiger partial charge in [-0.25, -0.2) is 8.42 Å². The van der Waals surface area contributed by atoms with Crippen LogP contribution in [-0.2, 0) is 16.6 Å². The molecule has 4 nitrogen and oxygen atoms in total. The van der Waals surface area contributed by atoms with E-state index in [1.54, 1.807) is 6.07 Å². The molecule has 0 atom stereocenters. The maximum atomic E-state index is 12.8. The van der Waals surface area contributed by atoms with Crippen molar-refractivity contribution in [2.24, 2.45) is 11.7 Å². The number of hydrogen-bond acceptors (Lipinski definition) is 3. The maximum absolute atomic E-state index is 12.8. The molecule has 0 spiro atoms. The van der Waals surface area contributed by atoms with Gasteiger partial charge in [0, 0.05) is 24.1 Å². The molecule has 0 fully saturated rings. The van der Waals surface area contributed by atoms with Gasteiger partial charge in [0.05, 0.1) is 4.90 Å². The third-order valence-electron chi connectivity index (χ3n) is 3.06. The van der Waals surface area contributed by atoms with E-state index < -0.39 is 10.0 Å². The van der Waals surface area contributed by atoms with Crippen LogP contribution >= 0.6 is 15.9 Å². The van der Waals surface area contributed by atoms with Crippen molar-refractivity contribution in [1.82, 2.24) is 4.31 Å². The van der Waals surface area contributed by atoms with Crippen molar-refractivity contribution >= 4 is 26.0 Å². The van der Waals surface area contributed by atoms with Crippen LogP contribution in [0.4, 0.5) is 0 Å². The highest BCUT2D eigenvalue weighted by Gasteiger charge is 2.27. The third kappa shape index (κ3) is 3.81. The van der Waals surface area contributed by atoms with Gasteiger partial charge in [-0.3, -0.25) is 0 Å². The van der Waals surface area contributed by atoms with Crippen molar-refractivity contribution in [2.75, 3.05) is 13.1 Å².